The lowest BCUT2D eigenvalue weighted by Gasteiger charge is -2.05. The van der Waals surface area contributed by atoms with Crippen LogP contribution in [0.1, 0.15) is 37.7 Å². The Morgan fingerprint density at radius 1 is 1.06 bits per heavy atom. The van der Waals surface area contributed by atoms with Crippen LogP contribution in [0.5, 0.6) is 0 Å². The first-order chi connectivity index (χ1) is 15.6. The van der Waals surface area contributed by atoms with Crippen LogP contribution in [0.25, 0.3) is 22.4 Å². The van der Waals surface area contributed by atoms with E-state index in [4.69, 9.17) is 10.9 Å². The van der Waals surface area contributed by atoms with Crippen LogP contribution in [0.4, 0.5) is 5.82 Å². The molecule has 1 amide bonds. The van der Waals surface area contributed by atoms with Gasteiger partial charge < -0.3 is 10.3 Å². The number of hydroxylamine groups is 1. The number of hydrogen-bond donors (Lipinski definition) is 3. The molecule has 4 N–H and O–H groups in total. The highest BCUT2D eigenvalue weighted by Gasteiger charge is 2.09. The molecule has 3 heterocycles. The summed E-state index contributed by atoms with van der Waals surface area (Å²) in [7, 11) is 0. The van der Waals surface area contributed by atoms with Crippen molar-refractivity contribution in [1.29, 1.82) is 0 Å². The number of carbonyl (C=O) groups is 1. The number of rotatable bonds is 10. The van der Waals surface area contributed by atoms with Gasteiger partial charge in [0.05, 0.1) is 19.1 Å². The van der Waals surface area contributed by atoms with Crippen LogP contribution < -0.4 is 11.2 Å². The van der Waals surface area contributed by atoms with Crippen LogP contribution >= 0.6 is 0 Å². The third-order valence-electron chi connectivity index (χ3n) is 5.24. The fourth-order valence-corrected chi connectivity index (χ4v) is 3.50. The Labute approximate surface area is 184 Å². The molecule has 0 aliphatic rings. The van der Waals surface area contributed by atoms with Gasteiger partial charge in [-0.3, -0.25) is 14.7 Å². The van der Waals surface area contributed by atoms with Crippen molar-refractivity contribution in [3.8, 4) is 11.3 Å². The monoisotopic (exact) mass is 435 g/mol. The van der Waals surface area contributed by atoms with Crippen LogP contribution in [0, 0.1) is 0 Å². The maximum absolute atomic E-state index is 11.0. The first kappa shape index (κ1) is 21.4. The molecule has 11 heteroatoms. The summed E-state index contributed by atoms with van der Waals surface area (Å²) in [6, 6.07) is 8.15. The van der Waals surface area contributed by atoms with Crippen LogP contribution in [0.2, 0.25) is 0 Å². The molecule has 1 aromatic carbocycles. The molecule has 0 fully saturated rings. The van der Waals surface area contributed by atoms with Crippen molar-refractivity contribution in [3.05, 3.63) is 48.7 Å². The molecule has 0 aliphatic carbocycles. The van der Waals surface area contributed by atoms with E-state index < -0.39 is 0 Å². The van der Waals surface area contributed by atoms with E-state index in [0.29, 0.717) is 29.9 Å². The molecule has 0 saturated carbocycles. The summed E-state index contributed by atoms with van der Waals surface area (Å²) in [4.78, 5) is 23.5. The van der Waals surface area contributed by atoms with E-state index in [-0.39, 0.29) is 5.91 Å². The lowest BCUT2D eigenvalue weighted by Crippen LogP contribution is -2.17. The standard InChI is InChI=1S/C21H25N9O2/c22-20-19-21(24-13-23-20)29(14-25-19)11-15-6-8-16(9-7-15)17-12-30(28-26-17)10-4-2-1-3-5-18(31)27-32/h6-9,12-14,32H,1-5,10-11H2,(H,27,31)(H2,22,23,24). The Morgan fingerprint density at radius 2 is 1.88 bits per heavy atom. The zero-order chi connectivity index (χ0) is 22.3. The number of anilines is 1. The van der Waals surface area contributed by atoms with Gasteiger partial charge in [-0.25, -0.2) is 20.4 Å². The van der Waals surface area contributed by atoms with Gasteiger partial charge in [0, 0.05) is 18.5 Å². The number of aryl methyl sites for hydroxylation is 1. The van der Waals surface area contributed by atoms with Crippen molar-refractivity contribution in [1.82, 2.24) is 40.0 Å². The van der Waals surface area contributed by atoms with Gasteiger partial charge >= 0.3 is 0 Å². The number of unbranched alkanes of at least 4 members (excludes halogenated alkanes) is 3. The quantitative estimate of drug-likeness (QED) is 0.195. The summed E-state index contributed by atoms with van der Waals surface area (Å²) in [6.07, 6.45) is 9.08. The molecule has 0 aliphatic heterocycles. The Bertz CT molecular complexity index is 1180. The molecule has 0 unspecified atom stereocenters. The number of amides is 1. The van der Waals surface area contributed by atoms with Gasteiger partial charge in [0.25, 0.3) is 0 Å². The van der Waals surface area contributed by atoms with Crippen molar-refractivity contribution in [2.24, 2.45) is 0 Å². The van der Waals surface area contributed by atoms with Crippen LogP contribution in [-0.4, -0.2) is 45.6 Å². The number of nitrogens with two attached hydrogens (primary N) is 1. The zero-order valence-corrected chi connectivity index (χ0v) is 17.6. The molecule has 0 saturated heterocycles. The second-order valence-corrected chi connectivity index (χ2v) is 7.57. The van der Waals surface area contributed by atoms with E-state index in [1.807, 2.05) is 39.7 Å². The lowest BCUT2D eigenvalue weighted by molar-refractivity contribution is -0.129. The van der Waals surface area contributed by atoms with Crippen molar-refractivity contribution in [3.63, 3.8) is 0 Å². The highest BCUT2D eigenvalue weighted by atomic mass is 16.5. The normalized spacial score (nSPS) is 11.2. The third kappa shape index (κ3) is 5.06. The van der Waals surface area contributed by atoms with Gasteiger partial charge in [0.1, 0.15) is 17.5 Å². The topological polar surface area (TPSA) is 150 Å². The van der Waals surface area contributed by atoms with E-state index in [0.717, 1.165) is 49.0 Å². The average molecular weight is 435 g/mol. The minimum atomic E-state index is -0.339. The summed E-state index contributed by atoms with van der Waals surface area (Å²) in [5.74, 6) is 0.0373. The summed E-state index contributed by atoms with van der Waals surface area (Å²) in [5, 5.41) is 17.0. The minimum absolute atomic E-state index is 0.339. The van der Waals surface area contributed by atoms with Gasteiger partial charge in [-0.2, -0.15) is 0 Å². The Balaban J connectivity index is 1.30. The number of benzene rings is 1. The van der Waals surface area contributed by atoms with Crippen molar-refractivity contribution >= 4 is 22.9 Å². The van der Waals surface area contributed by atoms with E-state index in [1.165, 1.54) is 6.33 Å². The second-order valence-electron chi connectivity index (χ2n) is 7.57. The minimum Gasteiger partial charge on any atom is -0.382 e. The number of imidazole rings is 1. The van der Waals surface area contributed by atoms with Crippen LogP contribution in [-0.2, 0) is 17.9 Å². The summed E-state index contributed by atoms with van der Waals surface area (Å²) in [5.41, 5.74) is 11.7. The number of aromatic nitrogens is 7. The number of nitrogen functional groups attached to an aromatic ring is 1. The largest absolute Gasteiger partial charge is 0.382 e. The first-order valence-electron chi connectivity index (χ1n) is 10.5. The number of hydrogen-bond acceptors (Lipinski definition) is 8. The van der Waals surface area contributed by atoms with Crippen molar-refractivity contribution in [2.75, 3.05) is 5.73 Å². The van der Waals surface area contributed by atoms with Gasteiger partial charge in [0.15, 0.2) is 11.5 Å². The van der Waals surface area contributed by atoms with Crippen molar-refractivity contribution < 1.29 is 10.0 Å². The second kappa shape index (κ2) is 9.96. The van der Waals surface area contributed by atoms with Gasteiger partial charge in [-0.15, -0.1) is 5.10 Å². The van der Waals surface area contributed by atoms with Crippen LogP contribution in [0.15, 0.2) is 43.1 Å². The molecular weight excluding hydrogens is 410 g/mol. The fraction of sp³-hybridized carbons (Fsp3) is 0.333. The predicted molar refractivity (Wildman–Crippen MR) is 117 cm³/mol. The average Bonchev–Trinajstić information content (AvgIpc) is 3.45. The molecule has 166 valence electrons. The number of nitrogens with zero attached hydrogens (tertiary/aromatic N) is 7. The fourth-order valence-electron chi connectivity index (χ4n) is 3.50. The Kier molecular flexibility index (Phi) is 6.66. The van der Waals surface area contributed by atoms with Gasteiger partial charge in [0.2, 0.25) is 5.91 Å². The Hall–Kier alpha value is -3.86. The van der Waals surface area contributed by atoms with E-state index >= 15 is 0 Å². The molecular formula is C21H25N9O2. The molecule has 0 bridgehead atoms. The maximum Gasteiger partial charge on any atom is 0.243 e. The molecule has 11 nitrogen and oxygen atoms in total. The number of carbonyl (C=O) groups excluding carboxylic acids is 1. The van der Waals surface area contributed by atoms with Crippen LogP contribution in [0.3, 0.4) is 0 Å². The highest BCUT2D eigenvalue weighted by molar-refractivity contribution is 5.81. The van der Waals surface area contributed by atoms with Gasteiger partial charge in [-0.1, -0.05) is 42.3 Å². The predicted octanol–water partition coefficient (Wildman–Crippen LogP) is 2.17. The third-order valence-corrected chi connectivity index (χ3v) is 5.24. The summed E-state index contributed by atoms with van der Waals surface area (Å²) >= 11 is 0. The molecule has 4 aromatic rings. The molecule has 32 heavy (non-hydrogen) atoms. The molecule has 3 aromatic heterocycles. The maximum atomic E-state index is 11.0. The van der Waals surface area contributed by atoms with E-state index in [2.05, 4.69) is 25.3 Å². The molecule has 0 radical (unpaired) electrons. The Morgan fingerprint density at radius 3 is 2.69 bits per heavy atom. The SMILES string of the molecule is Nc1ncnc2c1ncn2Cc1ccc(-c2cn(CCCCCCC(=O)NO)nn2)cc1. The highest BCUT2D eigenvalue weighted by Crippen LogP contribution is 2.19. The van der Waals surface area contributed by atoms with Crippen molar-refractivity contribution in [2.45, 2.75) is 45.2 Å². The van der Waals surface area contributed by atoms with Gasteiger partial charge in [-0.05, 0) is 18.4 Å². The van der Waals surface area contributed by atoms with E-state index in [9.17, 15) is 4.79 Å². The number of nitrogens with one attached hydrogen (secondary N) is 1. The molecule has 0 spiro atoms. The number of fused-ring (bicyclic) bond motifs is 1. The first-order valence-corrected chi connectivity index (χ1v) is 10.5. The summed E-state index contributed by atoms with van der Waals surface area (Å²) in [6.45, 7) is 1.40. The van der Waals surface area contributed by atoms with E-state index in [1.54, 1.807) is 11.8 Å². The zero-order valence-electron chi connectivity index (χ0n) is 17.6. The summed E-state index contributed by atoms with van der Waals surface area (Å²) < 4.78 is 3.78. The smallest absolute Gasteiger partial charge is 0.243 e. The molecule has 0 atom stereocenters. The lowest BCUT2D eigenvalue weighted by atomic mass is 10.1. The molecule has 4 rings (SSSR count).